The van der Waals surface area contributed by atoms with Crippen LogP contribution >= 0.6 is 11.3 Å². The standard InChI is InChI=1S/C23H30N6O2S/c30-20-9-4-14-29(20)23-26-25-22(32-23)28-13-3-8-19(28)21(31)24-11-5-12-27-15-10-17-6-1-2-7-18(17)16-27/h1-2,6-7,19H,3-5,8-16H2,(H,24,31). The zero-order chi connectivity index (χ0) is 21.9. The summed E-state index contributed by atoms with van der Waals surface area (Å²) in [7, 11) is 0. The molecule has 3 aliphatic rings. The van der Waals surface area contributed by atoms with Crippen molar-refractivity contribution in [2.45, 2.75) is 51.1 Å². The lowest BCUT2D eigenvalue weighted by Crippen LogP contribution is -2.44. The van der Waals surface area contributed by atoms with E-state index in [1.807, 2.05) is 0 Å². The summed E-state index contributed by atoms with van der Waals surface area (Å²) < 4.78 is 0. The SMILES string of the molecule is O=C(NCCCN1CCc2ccccc2C1)C1CCCN1c1nnc(N2CCCC2=O)s1. The molecular formula is C23H30N6O2S. The van der Waals surface area contributed by atoms with Gasteiger partial charge < -0.3 is 10.2 Å². The number of nitrogens with zero attached hydrogens (tertiary/aromatic N) is 5. The van der Waals surface area contributed by atoms with Crippen molar-refractivity contribution in [1.82, 2.24) is 20.4 Å². The molecule has 1 atom stereocenters. The maximum Gasteiger partial charge on any atom is 0.242 e. The molecule has 9 heteroatoms. The van der Waals surface area contributed by atoms with E-state index in [1.165, 1.54) is 22.5 Å². The number of anilines is 2. The fraction of sp³-hybridized carbons (Fsp3) is 0.565. The zero-order valence-electron chi connectivity index (χ0n) is 18.3. The Labute approximate surface area is 192 Å². The van der Waals surface area contributed by atoms with Gasteiger partial charge in [0, 0.05) is 45.7 Å². The van der Waals surface area contributed by atoms with Gasteiger partial charge in [0.2, 0.25) is 22.1 Å². The predicted octanol–water partition coefficient (Wildman–Crippen LogP) is 2.20. The fourth-order valence-corrected chi connectivity index (χ4v) is 5.89. The average molecular weight is 455 g/mol. The van der Waals surface area contributed by atoms with Crippen LogP contribution in [0.5, 0.6) is 0 Å². The van der Waals surface area contributed by atoms with Gasteiger partial charge >= 0.3 is 0 Å². The highest BCUT2D eigenvalue weighted by Gasteiger charge is 2.34. The van der Waals surface area contributed by atoms with Crippen molar-refractivity contribution >= 4 is 33.4 Å². The maximum atomic E-state index is 12.9. The third-order valence-corrected chi connectivity index (χ3v) is 7.65. The third kappa shape index (κ3) is 4.49. The van der Waals surface area contributed by atoms with E-state index in [2.05, 4.69) is 49.6 Å². The van der Waals surface area contributed by atoms with Crippen molar-refractivity contribution in [3.05, 3.63) is 35.4 Å². The van der Waals surface area contributed by atoms with Crippen molar-refractivity contribution in [3.63, 3.8) is 0 Å². The van der Waals surface area contributed by atoms with Gasteiger partial charge in [-0.2, -0.15) is 0 Å². The first-order valence-electron chi connectivity index (χ1n) is 11.7. The number of rotatable bonds is 7. The Morgan fingerprint density at radius 2 is 1.91 bits per heavy atom. The van der Waals surface area contributed by atoms with E-state index in [0.717, 1.165) is 63.4 Å². The van der Waals surface area contributed by atoms with Gasteiger partial charge in [0.05, 0.1) is 0 Å². The summed E-state index contributed by atoms with van der Waals surface area (Å²) >= 11 is 1.42. The molecule has 32 heavy (non-hydrogen) atoms. The summed E-state index contributed by atoms with van der Waals surface area (Å²) in [5.74, 6) is 0.182. The number of carbonyl (C=O) groups excluding carboxylic acids is 2. The Bertz CT molecular complexity index is 979. The van der Waals surface area contributed by atoms with Crippen LogP contribution in [0.4, 0.5) is 10.3 Å². The minimum Gasteiger partial charge on any atom is -0.354 e. The first-order chi connectivity index (χ1) is 15.7. The van der Waals surface area contributed by atoms with Gasteiger partial charge in [-0.3, -0.25) is 19.4 Å². The van der Waals surface area contributed by atoms with E-state index in [4.69, 9.17) is 0 Å². The van der Waals surface area contributed by atoms with E-state index >= 15 is 0 Å². The molecule has 1 aromatic heterocycles. The van der Waals surface area contributed by atoms with Crippen LogP contribution in [0.2, 0.25) is 0 Å². The number of hydrogen-bond acceptors (Lipinski definition) is 7. The Kier molecular flexibility index (Phi) is 6.36. The molecule has 0 spiro atoms. The molecule has 1 N–H and O–H groups in total. The first-order valence-corrected chi connectivity index (χ1v) is 12.5. The molecule has 2 fully saturated rings. The number of nitrogens with one attached hydrogen (secondary N) is 1. The Hall–Kier alpha value is -2.52. The van der Waals surface area contributed by atoms with Gasteiger partial charge in [-0.1, -0.05) is 35.6 Å². The summed E-state index contributed by atoms with van der Waals surface area (Å²) in [5, 5.41) is 13.1. The van der Waals surface area contributed by atoms with Crippen LogP contribution in [0.25, 0.3) is 0 Å². The van der Waals surface area contributed by atoms with Crippen molar-refractivity contribution in [2.75, 3.05) is 42.5 Å². The van der Waals surface area contributed by atoms with Crippen LogP contribution in [-0.4, -0.2) is 65.7 Å². The molecule has 4 heterocycles. The lowest BCUT2D eigenvalue weighted by molar-refractivity contribution is -0.122. The largest absolute Gasteiger partial charge is 0.354 e. The predicted molar refractivity (Wildman–Crippen MR) is 125 cm³/mol. The van der Waals surface area contributed by atoms with Gasteiger partial charge in [-0.15, -0.1) is 10.2 Å². The lowest BCUT2D eigenvalue weighted by Gasteiger charge is -2.28. The number of fused-ring (bicyclic) bond motifs is 1. The van der Waals surface area contributed by atoms with Crippen molar-refractivity contribution in [1.29, 1.82) is 0 Å². The van der Waals surface area contributed by atoms with Gasteiger partial charge in [0.25, 0.3) is 0 Å². The lowest BCUT2D eigenvalue weighted by atomic mass is 10.00. The molecule has 2 aromatic rings. The smallest absolute Gasteiger partial charge is 0.242 e. The number of aromatic nitrogens is 2. The number of amides is 2. The monoisotopic (exact) mass is 454 g/mol. The molecule has 0 aliphatic carbocycles. The molecule has 2 amide bonds. The van der Waals surface area contributed by atoms with Crippen LogP contribution in [0, 0.1) is 0 Å². The highest BCUT2D eigenvalue weighted by molar-refractivity contribution is 7.19. The van der Waals surface area contributed by atoms with Crippen LogP contribution in [0.15, 0.2) is 24.3 Å². The minimum atomic E-state index is -0.202. The Balaban J connectivity index is 1.10. The summed E-state index contributed by atoms with van der Waals surface area (Å²) in [6, 6.07) is 8.47. The topological polar surface area (TPSA) is 81.7 Å². The quantitative estimate of drug-likeness (QED) is 0.646. The second kappa shape index (κ2) is 9.54. The summed E-state index contributed by atoms with van der Waals surface area (Å²) in [5.41, 5.74) is 2.89. The summed E-state index contributed by atoms with van der Waals surface area (Å²) in [6.07, 6.45) is 5.28. The number of carbonyl (C=O) groups is 2. The minimum absolute atomic E-state index is 0.0699. The first kappa shape index (κ1) is 21.3. The molecule has 5 rings (SSSR count). The van der Waals surface area contributed by atoms with E-state index in [1.54, 1.807) is 4.90 Å². The highest BCUT2D eigenvalue weighted by atomic mass is 32.1. The van der Waals surface area contributed by atoms with Crippen molar-refractivity contribution < 1.29 is 9.59 Å². The van der Waals surface area contributed by atoms with E-state index in [9.17, 15) is 9.59 Å². The molecule has 2 saturated heterocycles. The molecule has 0 saturated carbocycles. The molecule has 170 valence electrons. The van der Waals surface area contributed by atoms with Crippen LogP contribution < -0.4 is 15.1 Å². The molecule has 1 unspecified atom stereocenters. The average Bonchev–Trinajstić information content (AvgIpc) is 3.56. The van der Waals surface area contributed by atoms with Gasteiger partial charge in [-0.25, -0.2) is 0 Å². The van der Waals surface area contributed by atoms with Crippen LogP contribution in [0.3, 0.4) is 0 Å². The molecule has 3 aliphatic heterocycles. The van der Waals surface area contributed by atoms with Crippen LogP contribution in [0.1, 0.15) is 43.2 Å². The van der Waals surface area contributed by atoms with Gasteiger partial charge in [0.15, 0.2) is 0 Å². The van der Waals surface area contributed by atoms with Gasteiger partial charge in [0.1, 0.15) is 6.04 Å². The van der Waals surface area contributed by atoms with Gasteiger partial charge in [-0.05, 0) is 43.2 Å². The molecular weight excluding hydrogens is 424 g/mol. The fourth-order valence-electron chi connectivity index (χ4n) is 4.93. The summed E-state index contributed by atoms with van der Waals surface area (Å²) in [6.45, 7) is 5.27. The normalized spacial score (nSPS) is 21.2. The number of hydrogen-bond donors (Lipinski definition) is 1. The molecule has 0 radical (unpaired) electrons. The molecule has 0 bridgehead atoms. The highest BCUT2D eigenvalue weighted by Crippen LogP contribution is 2.33. The third-order valence-electron chi connectivity index (χ3n) is 6.67. The van der Waals surface area contributed by atoms with Crippen molar-refractivity contribution in [2.24, 2.45) is 0 Å². The molecule has 1 aromatic carbocycles. The second-order valence-corrected chi connectivity index (χ2v) is 9.74. The van der Waals surface area contributed by atoms with E-state index in [0.29, 0.717) is 24.6 Å². The van der Waals surface area contributed by atoms with Crippen molar-refractivity contribution in [3.8, 4) is 0 Å². The van der Waals surface area contributed by atoms with E-state index < -0.39 is 0 Å². The maximum absolute atomic E-state index is 12.9. The second-order valence-electron chi connectivity index (χ2n) is 8.81. The summed E-state index contributed by atoms with van der Waals surface area (Å²) in [4.78, 5) is 31.1. The Morgan fingerprint density at radius 3 is 2.75 bits per heavy atom. The van der Waals surface area contributed by atoms with Crippen LogP contribution in [-0.2, 0) is 22.6 Å². The zero-order valence-corrected chi connectivity index (χ0v) is 19.1. The number of benzene rings is 1. The molecule has 8 nitrogen and oxygen atoms in total. The Morgan fingerprint density at radius 1 is 1.06 bits per heavy atom. The van der Waals surface area contributed by atoms with E-state index in [-0.39, 0.29) is 17.9 Å².